The number of anilines is 1. The molecule has 2 N–H and O–H groups in total. The van der Waals surface area contributed by atoms with E-state index in [0.717, 1.165) is 10.5 Å². The summed E-state index contributed by atoms with van der Waals surface area (Å²) in [6.45, 7) is 1.93. The van der Waals surface area contributed by atoms with Gasteiger partial charge in [0.25, 0.3) is 0 Å². The lowest BCUT2D eigenvalue weighted by Crippen LogP contribution is -1.95. The van der Waals surface area contributed by atoms with Crippen molar-refractivity contribution >= 4 is 17.4 Å². The second kappa shape index (κ2) is 3.51. The Morgan fingerprint density at radius 3 is 2.67 bits per heavy atom. The molecular weight excluding hydrogens is 168 g/mol. The SMILES string of the molecule is CSc1ccc(C#N)c(N)c1C. The Bertz CT molecular complexity index is 339. The standard InChI is InChI=1S/C9H10N2S/c1-6-8(12-2)4-3-7(5-10)9(6)11/h3-4H,11H2,1-2H3. The van der Waals surface area contributed by atoms with Gasteiger partial charge in [0.15, 0.2) is 0 Å². The van der Waals surface area contributed by atoms with Crippen molar-refractivity contribution in [2.45, 2.75) is 11.8 Å². The van der Waals surface area contributed by atoms with Crippen LogP contribution in [0.15, 0.2) is 17.0 Å². The fourth-order valence-corrected chi connectivity index (χ4v) is 1.65. The summed E-state index contributed by atoms with van der Waals surface area (Å²) in [6.07, 6.45) is 1.99. The highest BCUT2D eigenvalue weighted by atomic mass is 32.2. The van der Waals surface area contributed by atoms with Crippen LogP contribution in [0.25, 0.3) is 0 Å². The molecule has 0 atom stereocenters. The van der Waals surface area contributed by atoms with Crippen molar-refractivity contribution in [3.63, 3.8) is 0 Å². The van der Waals surface area contributed by atoms with Gasteiger partial charge in [-0.3, -0.25) is 0 Å². The first kappa shape index (κ1) is 8.95. The largest absolute Gasteiger partial charge is 0.397 e. The Labute approximate surface area is 76.4 Å². The van der Waals surface area contributed by atoms with Crippen LogP contribution >= 0.6 is 11.8 Å². The molecule has 0 aliphatic rings. The fraction of sp³-hybridized carbons (Fsp3) is 0.222. The average Bonchev–Trinajstić information content (AvgIpc) is 2.10. The molecule has 0 spiro atoms. The summed E-state index contributed by atoms with van der Waals surface area (Å²) in [6, 6.07) is 5.74. The van der Waals surface area contributed by atoms with Gasteiger partial charge in [-0.05, 0) is 30.9 Å². The van der Waals surface area contributed by atoms with Crippen LogP contribution in [0.1, 0.15) is 11.1 Å². The van der Waals surface area contributed by atoms with E-state index in [1.165, 1.54) is 0 Å². The van der Waals surface area contributed by atoms with Crippen molar-refractivity contribution in [3.8, 4) is 6.07 Å². The first-order valence-electron chi connectivity index (χ1n) is 3.54. The van der Waals surface area contributed by atoms with E-state index in [0.29, 0.717) is 11.3 Å². The second-order valence-electron chi connectivity index (χ2n) is 2.47. The molecule has 1 rings (SSSR count). The van der Waals surface area contributed by atoms with Gasteiger partial charge in [-0.2, -0.15) is 5.26 Å². The average molecular weight is 178 g/mol. The summed E-state index contributed by atoms with van der Waals surface area (Å²) < 4.78 is 0. The molecule has 12 heavy (non-hydrogen) atoms. The molecule has 0 heterocycles. The van der Waals surface area contributed by atoms with Crippen molar-refractivity contribution in [2.75, 3.05) is 12.0 Å². The summed E-state index contributed by atoms with van der Waals surface area (Å²) in [5, 5.41) is 8.67. The molecule has 0 saturated carbocycles. The lowest BCUT2D eigenvalue weighted by Gasteiger charge is -2.06. The Balaban J connectivity index is 3.32. The molecule has 0 unspecified atom stereocenters. The minimum absolute atomic E-state index is 0.560. The summed E-state index contributed by atoms with van der Waals surface area (Å²) in [7, 11) is 0. The van der Waals surface area contributed by atoms with Gasteiger partial charge >= 0.3 is 0 Å². The molecule has 3 heteroatoms. The molecule has 1 aromatic rings. The third kappa shape index (κ3) is 1.39. The molecule has 0 fully saturated rings. The topological polar surface area (TPSA) is 49.8 Å². The molecule has 0 aliphatic carbocycles. The zero-order valence-corrected chi connectivity index (χ0v) is 7.90. The molecule has 0 aliphatic heterocycles. The van der Waals surface area contributed by atoms with E-state index >= 15 is 0 Å². The summed E-state index contributed by atoms with van der Waals surface area (Å²) in [4.78, 5) is 1.13. The molecule has 2 nitrogen and oxygen atoms in total. The van der Waals surface area contributed by atoms with Gasteiger partial charge in [0, 0.05) is 4.90 Å². The van der Waals surface area contributed by atoms with Crippen molar-refractivity contribution in [1.29, 1.82) is 5.26 Å². The van der Waals surface area contributed by atoms with E-state index in [-0.39, 0.29) is 0 Å². The van der Waals surface area contributed by atoms with E-state index in [1.54, 1.807) is 17.8 Å². The molecule has 0 saturated heterocycles. The molecule has 62 valence electrons. The van der Waals surface area contributed by atoms with Gasteiger partial charge in [0.1, 0.15) is 6.07 Å². The number of rotatable bonds is 1. The minimum atomic E-state index is 0.560. The maximum atomic E-state index is 8.67. The Morgan fingerprint density at radius 2 is 2.17 bits per heavy atom. The zero-order valence-electron chi connectivity index (χ0n) is 7.09. The van der Waals surface area contributed by atoms with E-state index in [2.05, 4.69) is 6.07 Å². The van der Waals surface area contributed by atoms with Crippen LogP contribution in [0, 0.1) is 18.3 Å². The molecule has 0 radical (unpaired) electrons. The smallest absolute Gasteiger partial charge is 0.101 e. The van der Waals surface area contributed by atoms with E-state index in [9.17, 15) is 0 Å². The van der Waals surface area contributed by atoms with Crippen LogP contribution < -0.4 is 5.73 Å². The van der Waals surface area contributed by atoms with Gasteiger partial charge < -0.3 is 5.73 Å². The number of nitriles is 1. The van der Waals surface area contributed by atoms with E-state index in [1.807, 2.05) is 19.2 Å². The number of hydrogen-bond donors (Lipinski definition) is 1. The predicted molar refractivity (Wildman–Crippen MR) is 52.1 cm³/mol. The zero-order chi connectivity index (χ0) is 9.14. The summed E-state index contributed by atoms with van der Waals surface area (Å²) in [5.74, 6) is 0. The summed E-state index contributed by atoms with van der Waals surface area (Å²) >= 11 is 1.64. The lowest BCUT2D eigenvalue weighted by atomic mass is 10.1. The van der Waals surface area contributed by atoms with Crippen LogP contribution in [0.4, 0.5) is 5.69 Å². The molecule has 0 bridgehead atoms. The Morgan fingerprint density at radius 1 is 1.50 bits per heavy atom. The van der Waals surface area contributed by atoms with Crippen molar-refractivity contribution in [2.24, 2.45) is 0 Å². The maximum Gasteiger partial charge on any atom is 0.101 e. The second-order valence-corrected chi connectivity index (χ2v) is 3.31. The van der Waals surface area contributed by atoms with Gasteiger partial charge in [0.2, 0.25) is 0 Å². The van der Waals surface area contributed by atoms with Crippen LogP contribution in [-0.4, -0.2) is 6.26 Å². The normalized spacial score (nSPS) is 9.42. The quantitative estimate of drug-likeness (QED) is 0.529. The van der Waals surface area contributed by atoms with Gasteiger partial charge in [0.05, 0.1) is 11.3 Å². The van der Waals surface area contributed by atoms with Crippen LogP contribution in [-0.2, 0) is 0 Å². The van der Waals surface area contributed by atoms with Crippen LogP contribution in [0.2, 0.25) is 0 Å². The molecule has 0 amide bonds. The van der Waals surface area contributed by atoms with Crippen molar-refractivity contribution in [1.82, 2.24) is 0 Å². The van der Waals surface area contributed by atoms with Gasteiger partial charge in [-0.25, -0.2) is 0 Å². The Kier molecular flexibility index (Phi) is 2.61. The maximum absolute atomic E-state index is 8.67. The predicted octanol–water partition coefficient (Wildman–Crippen LogP) is 2.17. The van der Waals surface area contributed by atoms with Crippen LogP contribution in [0.3, 0.4) is 0 Å². The lowest BCUT2D eigenvalue weighted by molar-refractivity contribution is 1.29. The first-order valence-corrected chi connectivity index (χ1v) is 4.76. The Hall–Kier alpha value is -1.14. The van der Waals surface area contributed by atoms with Crippen LogP contribution in [0.5, 0.6) is 0 Å². The number of nitrogens with two attached hydrogens (primary N) is 1. The van der Waals surface area contributed by atoms with Gasteiger partial charge in [-0.15, -0.1) is 11.8 Å². The monoisotopic (exact) mass is 178 g/mol. The molecular formula is C9H10N2S. The number of nitrogens with zero attached hydrogens (tertiary/aromatic N) is 1. The summed E-state index contributed by atoms with van der Waals surface area (Å²) in [5.41, 5.74) is 7.90. The van der Waals surface area contributed by atoms with Crippen molar-refractivity contribution in [3.05, 3.63) is 23.3 Å². The van der Waals surface area contributed by atoms with Gasteiger partial charge in [-0.1, -0.05) is 0 Å². The van der Waals surface area contributed by atoms with E-state index in [4.69, 9.17) is 11.0 Å². The fourth-order valence-electron chi connectivity index (χ4n) is 1.03. The number of hydrogen-bond acceptors (Lipinski definition) is 3. The third-order valence-electron chi connectivity index (χ3n) is 1.81. The van der Waals surface area contributed by atoms with Crippen molar-refractivity contribution < 1.29 is 0 Å². The highest BCUT2D eigenvalue weighted by molar-refractivity contribution is 7.98. The first-order chi connectivity index (χ1) is 5.70. The minimum Gasteiger partial charge on any atom is -0.397 e. The number of nitrogen functional groups attached to an aromatic ring is 1. The molecule has 1 aromatic carbocycles. The number of benzene rings is 1. The highest BCUT2D eigenvalue weighted by Crippen LogP contribution is 2.26. The molecule has 0 aromatic heterocycles. The van der Waals surface area contributed by atoms with E-state index < -0.39 is 0 Å². The highest BCUT2D eigenvalue weighted by Gasteiger charge is 2.04. The number of thioether (sulfide) groups is 1. The third-order valence-corrected chi connectivity index (χ3v) is 2.69.